The third-order valence-electron chi connectivity index (χ3n) is 3.48. The summed E-state index contributed by atoms with van der Waals surface area (Å²) in [5.74, 6) is -1.97. The van der Waals surface area contributed by atoms with Gasteiger partial charge in [-0.25, -0.2) is 0 Å². The van der Waals surface area contributed by atoms with Gasteiger partial charge in [0.25, 0.3) is 0 Å². The number of carbonyl (C=O) groups is 3. The molecule has 0 aromatic heterocycles. The van der Waals surface area contributed by atoms with E-state index < -0.39 is 24.0 Å². The topological polar surface area (TPSA) is 95.5 Å². The highest BCUT2D eigenvalue weighted by Gasteiger charge is 2.26. The Morgan fingerprint density at radius 2 is 1.65 bits per heavy atom. The summed E-state index contributed by atoms with van der Waals surface area (Å²) in [6, 6.07) is 7.86. The summed E-state index contributed by atoms with van der Waals surface area (Å²) in [6.45, 7) is 4.98. The fourth-order valence-corrected chi connectivity index (χ4v) is 2.05. The molecule has 0 aliphatic rings. The van der Waals surface area contributed by atoms with Gasteiger partial charge in [0.05, 0.1) is 0 Å². The van der Waals surface area contributed by atoms with Crippen LogP contribution in [-0.2, 0) is 20.8 Å². The summed E-state index contributed by atoms with van der Waals surface area (Å²) in [5, 5.41) is 13.9. The molecule has 23 heavy (non-hydrogen) atoms. The third kappa shape index (κ3) is 6.50. The largest absolute Gasteiger partial charge is 0.480 e. The van der Waals surface area contributed by atoms with E-state index in [2.05, 4.69) is 10.6 Å². The minimum atomic E-state index is -1.11. The number of amides is 2. The number of carboxylic acid groups (broad SMARTS) is 1. The molecule has 126 valence electrons. The first-order chi connectivity index (χ1) is 10.8. The number of carboxylic acids is 1. The molecule has 0 unspecified atom stereocenters. The van der Waals surface area contributed by atoms with Crippen LogP contribution in [0.15, 0.2) is 30.3 Å². The van der Waals surface area contributed by atoms with Crippen molar-refractivity contribution in [1.29, 1.82) is 0 Å². The Bertz CT molecular complexity index is 543. The Labute approximate surface area is 136 Å². The van der Waals surface area contributed by atoms with Crippen LogP contribution in [0.4, 0.5) is 0 Å². The van der Waals surface area contributed by atoms with E-state index in [-0.39, 0.29) is 18.2 Å². The fourth-order valence-electron chi connectivity index (χ4n) is 2.05. The van der Waals surface area contributed by atoms with Crippen molar-refractivity contribution in [2.45, 2.75) is 45.7 Å². The van der Waals surface area contributed by atoms with Gasteiger partial charge < -0.3 is 15.7 Å². The molecule has 0 heterocycles. The maximum atomic E-state index is 12.1. The molecule has 1 aromatic rings. The van der Waals surface area contributed by atoms with Gasteiger partial charge in [0, 0.05) is 6.42 Å². The zero-order valence-electron chi connectivity index (χ0n) is 13.7. The maximum Gasteiger partial charge on any atom is 0.325 e. The number of hydrogen-bond donors (Lipinski definition) is 3. The van der Waals surface area contributed by atoms with Gasteiger partial charge in [0.1, 0.15) is 12.1 Å². The molecule has 0 bridgehead atoms. The Kier molecular flexibility index (Phi) is 7.25. The van der Waals surface area contributed by atoms with Crippen LogP contribution >= 0.6 is 0 Å². The van der Waals surface area contributed by atoms with Crippen LogP contribution in [0.3, 0.4) is 0 Å². The van der Waals surface area contributed by atoms with Crippen molar-refractivity contribution in [3.8, 4) is 0 Å². The number of nitrogens with one attached hydrogen (secondary N) is 2. The molecule has 2 atom stereocenters. The lowest BCUT2D eigenvalue weighted by Crippen LogP contribution is -2.53. The van der Waals surface area contributed by atoms with E-state index in [0.717, 1.165) is 5.56 Å². The summed E-state index contributed by atoms with van der Waals surface area (Å²) in [4.78, 5) is 35.0. The summed E-state index contributed by atoms with van der Waals surface area (Å²) >= 11 is 0. The summed E-state index contributed by atoms with van der Waals surface area (Å²) in [7, 11) is 0. The van der Waals surface area contributed by atoms with Crippen LogP contribution in [0.2, 0.25) is 0 Å². The summed E-state index contributed by atoms with van der Waals surface area (Å²) < 4.78 is 0. The van der Waals surface area contributed by atoms with E-state index in [0.29, 0.717) is 6.42 Å². The molecular formula is C17H24N2O4. The predicted octanol–water partition coefficient (Wildman–Crippen LogP) is 1.35. The van der Waals surface area contributed by atoms with Gasteiger partial charge in [0.15, 0.2) is 0 Å². The third-order valence-corrected chi connectivity index (χ3v) is 3.48. The molecule has 6 nitrogen and oxygen atoms in total. The molecule has 1 aromatic carbocycles. The number of benzene rings is 1. The summed E-state index contributed by atoms with van der Waals surface area (Å²) in [6.07, 6.45) is 0.861. The van der Waals surface area contributed by atoms with Crippen LogP contribution < -0.4 is 10.6 Å². The van der Waals surface area contributed by atoms with E-state index >= 15 is 0 Å². The van der Waals surface area contributed by atoms with Crippen molar-refractivity contribution >= 4 is 17.8 Å². The molecule has 0 saturated heterocycles. The van der Waals surface area contributed by atoms with Crippen molar-refractivity contribution < 1.29 is 19.5 Å². The minimum Gasteiger partial charge on any atom is -0.480 e. The lowest BCUT2D eigenvalue weighted by Gasteiger charge is -2.23. The van der Waals surface area contributed by atoms with Gasteiger partial charge >= 0.3 is 5.97 Å². The smallest absolute Gasteiger partial charge is 0.325 e. The first-order valence-corrected chi connectivity index (χ1v) is 7.67. The average molecular weight is 320 g/mol. The molecule has 2 amide bonds. The second-order valence-corrected chi connectivity index (χ2v) is 5.84. The van der Waals surface area contributed by atoms with Gasteiger partial charge in [-0.3, -0.25) is 14.4 Å². The second-order valence-electron chi connectivity index (χ2n) is 5.84. The van der Waals surface area contributed by atoms with Gasteiger partial charge in [-0.15, -0.1) is 0 Å². The van der Waals surface area contributed by atoms with Crippen LogP contribution in [-0.4, -0.2) is 35.0 Å². The van der Waals surface area contributed by atoms with Crippen molar-refractivity contribution in [3.05, 3.63) is 35.9 Å². The van der Waals surface area contributed by atoms with Crippen molar-refractivity contribution in [3.63, 3.8) is 0 Å². The van der Waals surface area contributed by atoms with Gasteiger partial charge in [-0.1, -0.05) is 44.2 Å². The van der Waals surface area contributed by atoms with E-state index in [1.165, 1.54) is 6.92 Å². The predicted molar refractivity (Wildman–Crippen MR) is 86.8 cm³/mol. The van der Waals surface area contributed by atoms with E-state index in [4.69, 9.17) is 5.11 Å². The fraction of sp³-hybridized carbons (Fsp3) is 0.471. The van der Waals surface area contributed by atoms with Crippen LogP contribution in [0, 0.1) is 5.92 Å². The van der Waals surface area contributed by atoms with E-state index in [1.807, 2.05) is 30.3 Å². The highest BCUT2D eigenvalue weighted by Crippen LogP contribution is 2.06. The number of aliphatic carboxylic acids is 1. The minimum absolute atomic E-state index is 0.142. The quantitative estimate of drug-likeness (QED) is 0.674. The molecule has 0 aliphatic carbocycles. The Morgan fingerprint density at radius 1 is 1.04 bits per heavy atom. The molecule has 0 fully saturated rings. The second kappa shape index (κ2) is 8.92. The number of aryl methyl sites for hydroxylation is 1. The standard InChI is InChI=1S/C17H24N2O4/c1-11(2)15(16(21)18-12(3)17(22)23)19-14(20)10-9-13-7-5-4-6-8-13/h4-8,11-12,15H,9-10H2,1-3H3,(H,18,21)(H,19,20)(H,22,23)/t12-,15-/m0/s1. The Morgan fingerprint density at radius 3 is 2.17 bits per heavy atom. The van der Waals surface area contributed by atoms with Crippen molar-refractivity contribution in [1.82, 2.24) is 10.6 Å². The number of carbonyl (C=O) groups excluding carboxylic acids is 2. The SMILES string of the molecule is CC(C)[C@H](NC(=O)CCc1ccccc1)C(=O)N[C@@H](C)C(=O)O. The summed E-state index contributed by atoms with van der Waals surface area (Å²) in [5.41, 5.74) is 1.05. The van der Waals surface area contributed by atoms with Gasteiger partial charge in [-0.05, 0) is 24.8 Å². The monoisotopic (exact) mass is 320 g/mol. The van der Waals surface area contributed by atoms with Crippen LogP contribution in [0.1, 0.15) is 32.8 Å². The molecule has 0 aliphatic heterocycles. The van der Waals surface area contributed by atoms with Crippen LogP contribution in [0.5, 0.6) is 0 Å². The van der Waals surface area contributed by atoms with Crippen molar-refractivity contribution in [2.75, 3.05) is 0 Å². The van der Waals surface area contributed by atoms with E-state index in [9.17, 15) is 14.4 Å². The molecule has 0 spiro atoms. The van der Waals surface area contributed by atoms with Crippen LogP contribution in [0.25, 0.3) is 0 Å². The van der Waals surface area contributed by atoms with Gasteiger partial charge in [-0.2, -0.15) is 0 Å². The Balaban J connectivity index is 2.56. The highest BCUT2D eigenvalue weighted by molar-refractivity contribution is 5.90. The Hall–Kier alpha value is -2.37. The zero-order chi connectivity index (χ0) is 17.4. The first-order valence-electron chi connectivity index (χ1n) is 7.67. The number of hydrogen-bond acceptors (Lipinski definition) is 3. The first kappa shape index (κ1) is 18.7. The molecule has 0 saturated carbocycles. The maximum absolute atomic E-state index is 12.1. The highest BCUT2D eigenvalue weighted by atomic mass is 16.4. The average Bonchev–Trinajstić information content (AvgIpc) is 2.51. The lowest BCUT2D eigenvalue weighted by molar-refractivity contribution is -0.142. The van der Waals surface area contributed by atoms with Gasteiger partial charge in [0.2, 0.25) is 11.8 Å². The molecule has 0 radical (unpaired) electrons. The van der Waals surface area contributed by atoms with E-state index in [1.54, 1.807) is 13.8 Å². The van der Waals surface area contributed by atoms with Crippen molar-refractivity contribution in [2.24, 2.45) is 5.92 Å². The molecule has 3 N–H and O–H groups in total. The normalized spacial score (nSPS) is 13.2. The molecular weight excluding hydrogens is 296 g/mol. The molecule has 6 heteroatoms. The zero-order valence-corrected chi connectivity index (χ0v) is 13.7. The molecule has 1 rings (SSSR count). The lowest BCUT2D eigenvalue weighted by atomic mass is 10.0. The number of rotatable bonds is 8.